The van der Waals surface area contributed by atoms with Gasteiger partial charge in [-0.15, -0.1) is 13.2 Å². The molecule has 0 aromatic rings. The lowest BCUT2D eigenvalue weighted by Gasteiger charge is -2.39. The van der Waals surface area contributed by atoms with E-state index in [0.29, 0.717) is 12.8 Å². The van der Waals surface area contributed by atoms with Crippen LogP contribution in [0.25, 0.3) is 0 Å². The van der Waals surface area contributed by atoms with E-state index >= 15 is 0 Å². The number of ether oxygens (including phenoxy) is 4. The minimum atomic E-state index is -1.59. The lowest BCUT2D eigenvalue weighted by atomic mass is 9.99. The third kappa shape index (κ3) is 17.0. The summed E-state index contributed by atoms with van der Waals surface area (Å²) in [6, 6.07) is 0. The Bertz CT molecular complexity index is 713. The van der Waals surface area contributed by atoms with Crippen LogP contribution < -0.4 is 0 Å². The highest BCUT2D eigenvalue weighted by atomic mass is 16.7. The van der Waals surface area contributed by atoms with Crippen LogP contribution >= 0.6 is 0 Å². The van der Waals surface area contributed by atoms with Crippen molar-refractivity contribution in [3.8, 4) is 0 Å². The van der Waals surface area contributed by atoms with Gasteiger partial charge >= 0.3 is 11.9 Å². The van der Waals surface area contributed by atoms with Crippen molar-refractivity contribution in [1.82, 2.24) is 0 Å². The summed E-state index contributed by atoms with van der Waals surface area (Å²) < 4.78 is 21.8. The number of aliphatic hydroxyl groups excluding tert-OH is 4. The Hall–Kier alpha value is -1.82. The lowest BCUT2D eigenvalue weighted by molar-refractivity contribution is -0.305. The van der Waals surface area contributed by atoms with E-state index in [9.17, 15) is 30.0 Å². The van der Waals surface area contributed by atoms with Gasteiger partial charge in [0.25, 0.3) is 0 Å². The highest BCUT2D eigenvalue weighted by Gasteiger charge is 2.44. The molecule has 4 N–H and O–H groups in total. The van der Waals surface area contributed by atoms with Crippen molar-refractivity contribution in [3.05, 3.63) is 25.3 Å². The lowest BCUT2D eigenvalue weighted by Crippen LogP contribution is -2.59. The molecule has 10 heteroatoms. The summed E-state index contributed by atoms with van der Waals surface area (Å²) in [5.41, 5.74) is 0. The van der Waals surface area contributed by atoms with Crippen LogP contribution in [0, 0.1) is 0 Å². The quantitative estimate of drug-likeness (QED) is 0.0705. The molecule has 1 fully saturated rings. The number of aliphatic hydroxyl groups is 4. The summed E-state index contributed by atoms with van der Waals surface area (Å²) in [7, 11) is 0. The van der Waals surface area contributed by atoms with Gasteiger partial charge in [-0.1, -0.05) is 63.5 Å². The Balaban J connectivity index is 2.50. The van der Waals surface area contributed by atoms with Crippen LogP contribution in [-0.4, -0.2) is 89.0 Å². The summed E-state index contributed by atoms with van der Waals surface area (Å²) in [5, 5.41) is 39.6. The normalized spacial score (nSPS) is 23.1. The van der Waals surface area contributed by atoms with Crippen LogP contribution in [0.3, 0.4) is 0 Å². The second-order valence-corrected chi connectivity index (χ2v) is 10.7. The van der Waals surface area contributed by atoms with Crippen molar-refractivity contribution >= 4 is 11.9 Å². The van der Waals surface area contributed by atoms with Crippen molar-refractivity contribution in [3.63, 3.8) is 0 Å². The Morgan fingerprint density at radius 1 is 0.707 bits per heavy atom. The van der Waals surface area contributed by atoms with E-state index < -0.39 is 55.4 Å². The van der Waals surface area contributed by atoms with Crippen molar-refractivity contribution in [1.29, 1.82) is 0 Å². The van der Waals surface area contributed by atoms with E-state index in [2.05, 4.69) is 13.2 Å². The second kappa shape index (κ2) is 23.7. The van der Waals surface area contributed by atoms with E-state index in [1.165, 1.54) is 0 Å². The van der Waals surface area contributed by atoms with Gasteiger partial charge < -0.3 is 39.4 Å². The number of carbonyl (C=O) groups excluding carboxylic acids is 2. The second-order valence-electron chi connectivity index (χ2n) is 10.7. The van der Waals surface area contributed by atoms with Crippen LogP contribution in [0.4, 0.5) is 0 Å². The fraction of sp³-hybridized carbons (Fsp3) is 0.806. The topological polar surface area (TPSA) is 152 Å². The molecule has 0 amide bonds. The fourth-order valence-corrected chi connectivity index (χ4v) is 4.56. The highest BCUT2D eigenvalue weighted by Crippen LogP contribution is 2.22. The Labute approximate surface area is 245 Å². The Kier molecular flexibility index (Phi) is 21.5. The number of hydrogen-bond donors (Lipinski definition) is 4. The van der Waals surface area contributed by atoms with Gasteiger partial charge in [0, 0.05) is 12.8 Å². The molecule has 10 nitrogen and oxygen atoms in total. The van der Waals surface area contributed by atoms with Gasteiger partial charge in [-0.05, 0) is 38.5 Å². The first kappa shape index (κ1) is 37.2. The maximum atomic E-state index is 12.5. The summed E-state index contributed by atoms with van der Waals surface area (Å²) >= 11 is 0. The summed E-state index contributed by atoms with van der Waals surface area (Å²) in [5.74, 6) is -0.853. The maximum Gasteiger partial charge on any atom is 0.306 e. The molecule has 1 aliphatic rings. The van der Waals surface area contributed by atoms with Gasteiger partial charge in [-0.3, -0.25) is 9.59 Å². The zero-order valence-corrected chi connectivity index (χ0v) is 24.7. The number of esters is 2. The maximum absolute atomic E-state index is 12.5. The van der Waals surface area contributed by atoms with Crippen LogP contribution in [0.15, 0.2) is 25.3 Å². The largest absolute Gasteiger partial charge is 0.462 e. The molecule has 41 heavy (non-hydrogen) atoms. The molecule has 238 valence electrons. The number of rotatable bonds is 25. The zero-order valence-electron chi connectivity index (χ0n) is 24.7. The molecule has 1 aliphatic heterocycles. The number of allylic oxidation sites excluding steroid dienone is 2. The average molecular weight is 587 g/mol. The van der Waals surface area contributed by atoms with E-state index in [4.69, 9.17) is 18.9 Å². The van der Waals surface area contributed by atoms with Crippen molar-refractivity contribution in [2.24, 2.45) is 0 Å². The van der Waals surface area contributed by atoms with Crippen molar-refractivity contribution < 1.29 is 49.0 Å². The molecular weight excluding hydrogens is 532 g/mol. The van der Waals surface area contributed by atoms with E-state index in [-0.39, 0.29) is 26.1 Å². The van der Waals surface area contributed by atoms with Gasteiger partial charge in [0.05, 0.1) is 13.2 Å². The molecule has 0 bridgehead atoms. The minimum absolute atomic E-state index is 0.212. The smallest absolute Gasteiger partial charge is 0.306 e. The first-order chi connectivity index (χ1) is 19.8. The van der Waals surface area contributed by atoms with E-state index in [0.717, 1.165) is 77.0 Å². The molecule has 6 atom stereocenters. The van der Waals surface area contributed by atoms with Crippen LogP contribution in [0.5, 0.6) is 0 Å². The predicted octanol–water partition coefficient (Wildman–Crippen LogP) is 3.87. The first-order valence-electron chi connectivity index (χ1n) is 15.3. The Morgan fingerprint density at radius 2 is 1.22 bits per heavy atom. The van der Waals surface area contributed by atoms with Gasteiger partial charge in [0.1, 0.15) is 31.0 Å². The van der Waals surface area contributed by atoms with Gasteiger partial charge in [-0.2, -0.15) is 0 Å². The first-order valence-corrected chi connectivity index (χ1v) is 15.3. The molecule has 1 rings (SSSR count). The number of unbranched alkanes of at least 4 members (excludes halogenated alkanes) is 12. The zero-order chi connectivity index (χ0) is 30.3. The molecule has 0 unspecified atom stereocenters. The summed E-state index contributed by atoms with van der Waals surface area (Å²) in [6.07, 6.45) is 10.2. The van der Waals surface area contributed by atoms with Crippen molar-refractivity contribution in [2.75, 3.05) is 19.8 Å². The predicted molar refractivity (Wildman–Crippen MR) is 155 cm³/mol. The monoisotopic (exact) mass is 586 g/mol. The summed E-state index contributed by atoms with van der Waals surface area (Å²) in [4.78, 5) is 24.8. The molecule has 0 saturated carbocycles. The van der Waals surface area contributed by atoms with Crippen molar-refractivity contribution in [2.45, 2.75) is 140 Å². The number of carbonyl (C=O) groups is 2. The van der Waals surface area contributed by atoms with E-state index in [1.807, 2.05) is 12.2 Å². The molecule has 0 radical (unpaired) electrons. The van der Waals surface area contributed by atoms with E-state index in [1.54, 1.807) is 0 Å². The highest BCUT2D eigenvalue weighted by molar-refractivity contribution is 5.70. The van der Waals surface area contributed by atoms with Crippen LogP contribution in [0.2, 0.25) is 0 Å². The standard InChI is InChI=1S/C31H54O10/c1-3-5-7-9-11-13-15-17-19-26(33)38-22-24(40-27(34)20-18-16-14-12-10-8-6-4-2)23-39-31-30(37)29(36)28(35)25(21-32)41-31/h3-4,24-25,28-32,35-37H,1-2,5-23H2/t24-,25-,28-,29+,30-,31-/m1/s1. The fourth-order valence-electron chi connectivity index (χ4n) is 4.56. The summed E-state index contributed by atoms with van der Waals surface area (Å²) in [6.45, 7) is 6.33. The van der Waals surface area contributed by atoms with Gasteiger partial charge in [0.15, 0.2) is 12.4 Å². The third-order valence-corrected chi connectivity index (χ3v) is 7.10. The molecule has 1 heterocycles. The average Bonchev–Trinajstić information content (AvgIpc) is 2.96. The van der Waals surface area contributed by atoms with Crippen LogP contribution in [0.1, 0.15) is 103 Å². The van der Waals surface area contributed by atoms with Crippen LogP contribution in [-0.2, 0) is 28.5 Å². The van der Waals surface area contributed by atoms with Gasteiger partial charge in [-0.25, -0.2) is 0 Å². The minimum Gasteiger partial charge on any atom is -0.462 e. The molecule has 1 saturated heterocycles. The number of hydrogen-bond acceptors (Lipinski definition) is 10. The molecule has 0 aromatic carbocycles. The molecule has 0 aliphatic carbocycles. The molecular formula is C31H54O10. The van der Waals surface area contributed by atoms with Gasteiger partial charge in [0.2, 0.25) is 0 Å². The SMILES string of the molecule is C=CCCCCCCCCC(=O)OC[C@H](CO[C@@H]1O[C@H](CO)[C@@H](O)[C@H](O)[C@H]1O)OC(=O)CCCCCCCCC=C. The Morgan fingerprint density at radius 3 is 1.76 bits per heavy atom. The molecule has 0 aromatic heterocycles. The molecule has 0 spiro atoms. The third-order valence-electron chi connectivity index (χ3n) is 7.10.